The number of halogens is 1. The van der Waals surface area contributed by atoms with E-state index in [4.69, 9.17) is 5.73 Å². The predicted octanol–water partition coefficient (Wildman–Crippen LogP) is 1.83. The van der Waals surface area contributed by atoms with Crippen molar-refractivity contribution in [3.63, 3.8) is 0 Å². The van der Waals surface area contributed by atoms with Crippen molar-refractivity contribution in [2.24, 2.45) is 0 Å². The zero-order chi connectivity index (χ0) is 13.0. The van der Waals surface area contributed by atoms with Crippen molar-refractivity contribution in [1.82, 2.24) is 4.90 Å². The standard InChI is InChI=1S/C13H18FN3O/c14-10-4-5-12(11(15)8-10)16-9-13(18)17-6-2-1-3-7-17/h4-5,8,16H,1-3,6-7,9,15H2. The molecular formula is C13H18FN3O. The van der Waals surface area contributed by atoms with Gasteiger partial charge in [0.15, 0.2) is 0 Å². The van der Waals surface area contributed by atoms with Crippen LogP contribution in [0.3, 0.4) is 0 Å². The maximum Gasteiger partial charge on any atom is 0.241 e. The van der Waals surface area contributed by atoms with E-state index in [1.165, 1.54) is 18.6 Å². The van der Waals surface area contributed by atoms with Crippen LogP contribution in [0.15, 0.2) is 18.2 Å². The van der Waals surface area contributed by atoms with E-state index in [1.807, 2.05) is 4.90 Å². The Morgan fingerprint density at radius 1 is 1.33 bits per heavy atom. The normalized spacial score (nSPS) is 15.5. The van der Waals surface area contributed by atoms with Crippen LogP contribution < -0.4 is 11.1 Å². The van der Waals surface area contributed by atoms with Gasteiger partial charge in [0.05, 0.1) is 17.9 Å². The molecule has 1 heterocycles. The molecule has 0 saturated carbocycles. The molecule has 0 radical (unpaired) electrons. The summed E-state index contributed by atoms with van der Waals surface area (Å²) in [6.45, 7) is 1.87. The van der Waals surface area contributed by atoms with Gasteiger partial charge in [0.25, 0.3) is 0 Å². The fourth-order valence-electron chi connectivity index (χ4n) is 2.12. The average Bonchev–Trinajstić information content (AvgIpc) is 2.38. The molecule has 98 valence electrons. The summed E-state index contributed by atoms with van der Waals surface area (Å²) in [6.07, 6.45) is 3.34. The van der Waals surface area contributed by atoms with Crippen molar-refractivity contribution in [2.45, 2.75) is 19.3 Å². The second-order valence-electron chi connectivity index (χ2n) is 4.53. The lowest BCUT2D eigenvalue weighted by Gasteiger charge is -2.27. The molecule has 1 amide bonds. The number of benzene rings is 1. The second kappa shape index (κ2) is 5.71. The van der Waals surface area contributed by atoms with Crippen LogP contribution in [0.1, 0.15) is 19.3 Å². The third-order valence-electron chi connectivity index (χ3n) is 3.15. The molecule has 0 atom stereocenters. The monoisotopic (exact) mass is 251 g/mol. The molecule has 1 aromatic carbocycles. The van der Waals surface area contributed by atoms with Gasteiger partial charge >= 0.3 is 0 Å². The maximum absolute atomic E-state index is 12.9. The molecule has 2 rings (SSSR count). The summed E-state index contributed by atoms with van der Waals surface area (Å²) in [5.74, 6) is -0.307. The molecule has 1 aromatic rings. The Labute approximate surface area is 106 Å². The zero-order valence-corrected chi connectivity index (χ0v) is 10.3. The minimum atomic E-state index is -0.375. The number of hydrogen-bond acceptors (Lipinski definition) is 3. The van der Waals surface area contributed by atoms with Gasteiger partial charge in [-0.05, 0) is 37.5 Å². The van der Waals surface area contributed by atoms with Gasteiger partial charge in [-0.1, -0.05) is 0 Å². The van der Waals surface area contributed by atoms with E-state index in [1.54, 1.807) is 6.07 Å². The lowest BCUT2D eigenvalue weighted by Crippen LogP contribution is -2.39. The highest BCUT2D eigenvalue weighted by Gasteiger charge is 2.16. The number of amides is 1. The summed E-state index contributed by atoms with van der Waals surface area (Å²) < 4.78 is 12.9. The van der Waals surface area contributed by atoms with Gasteiger partial charge in [-0.25, -0.2) is 4.39 Å². The van der Waals surface area contributed by atoms with Gasteiger partial charge in [0.2, 0.25) is 5.91 Å². The molecule has 0 aromatic heterocycles. The Balaban J connectivity index is 1.88. The molecule has 1 aliphatic heterocycles. The van der Waals surface area contributed by atoms with Crippen molar-refractivity contribution in [3.05, 3.63) is 24.0 Å². The third-order valence-corrected chi connectivity index (χ3v) is 3.15. The summed E-state index contributed by atoms with van der Waals surface area (Å²) in [4.78, 5) is 13.8. The Hall–Kier alpha value is -1.78. The van der Waals surface area contributed by atoms with Crippen LogP contribution >= 0.6 is 0 Å². The van der Waals surface area contributed by atoms with Gasteiger partial charge in [-0.3, -0.25) is 4.79 Å². The van der Waals surface area contributed by atoms with Crippen molar-refractivity contribution in [3.8, 4) is 0 Å². The minimum Gasteiger partial charge on any atom is -0.397 e. The summed E-state index contributed by atoms with van der Waals surface area (Å²) in [7, 11) is 0. The van der Waals surface area contributed by atoms with Crippen LogP contribution in [0, 0.1) is 5.82 Å². The van der Waals surface area contributed by atoms with Gasteiger partial charge in [-0.2, -0.15) is 0 Å². The lowest BCUT2D eigenvalue weighted by molar-refractivity contribution is -0.130. The molecule has 1 saturated heterocycles. The number of rotatable bonds is 3. The van der Waals surface area contributed by atoms with E-state index in [-0.39, 0.29) is 18.3 Å². The van der Waals surface area contributed by atoms with E-state index >= 15 is 0 Å². The first-order valence-corrected chi connectivity index (χ1v) is 6.23. The highest BCUT2D eigenvalue weighted by molar-refractivity contribution is 5.82. The van der Waals surface area contributed by atoms with Crippen LogP contribution in [0.5, 0.6) is 0 Å². The van der Waals surface area contributed by atoms with Crippen molar-refractivity contribution in [2.75, 3.05) is 30.7 Å². The van der Waals surface area contributed by atoms with Gasteiger partial charge < -0.3 is 16.0 Å². The quantitative estimate of drug-likeness (QED) is 0.806. The van der Waals surface area contributed by atoms with Crippen LogP contribution in [0.2, 0.25) is 0 Å². The van der Waals surface area contributed by atoms with E-state index in [0.29, 0.717) is 11.4 Å². The Morgan fingerprint density at radius 3 is 2.72 bits per heavy atom. The molecule has 0 unspecified atom stereocenters. The predicted molar refractivity (Wildman–Crippen MR) is 69.7 cm³/mol. The number of nitrogens with two attached hydrogens (primary N) is 1. The SMILES string of the molecule is Nc1cc(F)ccc1NCC(=O)N1CCCCC1. The fourth-order valence-corrected chi connectivity index (χ4v) is 2.12. The number of nitrogens with zero attached hydrogens (tertiary/aromatic N) is 1. The number of anilines is 2. The number of hydrogen-bond donors (Lipinski definition) is 2. The molecule has 1 fully saturated rings. The number of carbonyl (C=O) groups excluding carboxylic acids is 1. The van der Waals surface area contributed by atoms with Gasteiger partial charge in [0, 0.05) is 13.1 Å². The summed E-state index contributed by atoms with van der Waals surface area (Å²) in [6, 6.07) is 4.12. The number of nitrogen functional groups attached to an aromatic ring is 1. The van der Waals surface area contributed by atoms with E-state index in [0.717, 1.165) is 25.9 Å². The number of nitrogens with one attached hydrogen (secondary N) is 1. The molecule has 4 nitrogen and oxygen atoms in total. The summed E-state index contributed by atoms with van der Waals surface area (Å²) in [5, 5.41) is 2.95. The molecule has 0 aliphatic carbocycles. The van der Waals surface area contributed by atoms with E-state index < -0.39 is 0 Å². The highest BCUT2D eigenvalue weighted by Crippen LogP contribution is 2.19. The minimum absolute atomic E-state index is 0.0680. The van der Waals surface area contributed by atoms with Crippen molar-refractivity contribution < 1.29 is 9.18 Å². The fraction of sp³-hybridized carbons (Fsp3) is 0.462. The van der Waals surface area contributed by atoms with Crippen LogP contribution in [0.4, 0.5) is 15.8 Å². The van der Waals surface area contributed by atoms with Crippen LogP contribution in [-0.2, 0) is 4.79 Å². The highest BCUT2D eigenvalue weighted by atomic mass is 19.1. The largest absolute Gasteiger partial charge is 0.397 e. The molecule has 5 heteroatoms. The third kappa shape index (κ3) is 3.12. The van der Waals surface area contributed by atoms with E-state index in [9.17, 15) is 9.18 Å². The van der Waals surface area contributed by atoms with Crippen LogP contribution in [0.25, 0.3) is 0 Å². The Morgan fingerprint density at radius 2 is 2.06 bits per heavy atom. The van der Waals surface area contributed by atoms with Crippen molar-refractivity contribution >= 4 is 17.3 Å². The second-order valence-corrected chi connectivity index (χ2v) is 4.53. The molecule has 0 bridgehead atoms. The Bertz CT molecular complexity index is 430. The van der Waals surface area contributed by atoms with Crippen LogP contribution in [-0.4, -0.2) is 30.4 Å². The number of likely N-dealkylation sites (tertiary alicyclic amines) is 1. The summed E-state index contributed by atoms with van der Waals surface area (Å²) in [5.41, 5.74) is 6.58. The molecule has 18 heavy (non-hydrogen) atoms. The van der Waals surface area contributed by atoms with Crippen molar-refractivity contribution in [1.29, 1.82) is 0 Å². The number of piperidine rings is 1. The maximum atomic E-state index is 12.9. The lowest BCUT2D eigenvalue weighted by atomic mass is 10.1. The van der Waals surface area contributed by atoms with E-state index in [2.05, 4.69) is 5.32 Å². The average molecular weight is 251 g/mol. The number of carbonyl (C=O) groups is 1. The first kappa shape index (κ1) is 12.7. The zero-order valence-electron chi connectivity index (χ0n) is 10.3. The summed E-state index contributed by atoms with van der Waals surface area (Å²) >= 11 is 0. The smallest absolute Gasteiger partial charge is 0.241 e. The molecule has 3 N–H and O–H groups in total. The Kier molecular flexibility index (Phi) is 4.02. The van der Waals surface area contributed by atoms with Gasteiger partial charge in [-0.15, -0.1) is 0 Å². The first-order chi connectivity index (χ1) is 8.66. The molecule has 0 spiro atoms. The van der Waals surface area contributed by atoms with Gasteiger partial charge in [0.1, 0.15) is 5.82 Å². The topological polar surface area (TPSA) is 58.4 Å². The molecule has 1 aliphatic rings. The molecular weight excluding hydrogens is 233 g/mol. The first-order valence-electron chi connectivity index (χ1n) is 6.23.